The lowest BCUT2D eigenvalue weighted by Gasteiger charge is -2.41. The maximum absolute atomic E-state index is 12.1. The second-order valence-electron chi connectivity index (χ2n) is 5.85. The quantitative estimate of drug-likeness (QED) is 0.652. The zero-order chi connectivity index (χ0) is 12.7. The van der Waals surface area contributed by atoms with Gasteiger partial charge in [0.05, 0.1) is 6.07 Å². The summed E-state index contributed by atoms with van der Waals surface area (Å²) in [5.74, 6) is -0.343. The van der Waals surface area contributed by atoms with E-state index < -0.39 is 5.54 Å². The zero-order valence-electron chi connectivity index (χ0n) is 10.5. The van der Waals surface area contributed by atoms with Crippen LogP contribution in [0, 0.1) is 16.7 Å². The van der Waals surface area contributed by atoms with Gasteiger partial charge in [0.1, 0.15) is 5.54 Å². The molecule has 0 N–H and O–H groups in total. The van der Waals surface area contributed by atoms with E-state index in [1.807, 2.05) is 6.07 Å². The van der Waals surface area contributed by atoms with Gasteiger partial charge in [-0.2, -0.15) is 5.26 Å². The van der Waals surface area contributed by atoms with E-state index in [2.05, 4.69) is 0 Å². The number of piperidine rings is 1. The molecule has 0 aromatic heterocycles. The highest BCUT2D eigenvalue weighted by Gasteiger charge is 2.49. The summed E-state index contributed by atoms with van der Waals surface area (Å²) in [5.41, 5.74) is -1.11. The number of amides is 2. The van der Waals surface area contributed by atoms with Gasteiger partial charge in [0.25, 0.3) is 0 Å². The van der Waals surface area contributed by atoms with E-state index in [4.69, 9.17) is 5.26 Å². The van der Waals surface area contributed by atoms with Crippen molar-refractivity contribution in [2.75, 3.05) is 0 Å². The van der Waals surface area contributed by atoms with E-state index in [1.54, 1.807) is 13.8 Å². The minimum absolute atomic E-state index is 0.0871. The Morgan fingerprint density at radius 3 is 2.06 bits per heavy atom. The molecule has 2 fully saturated rings. The Balaban J connectivity index is 2.23. The molecular weight excluding hydrogens is 216 g/mol. The summed E-state index contributed by atoms with van der Waals surface area (Å²) in [5, 5.41) is 9.04. The molecule has 2 rings (SSSR count). The third-order valence-electron chi connectivity index (χ3n) is 4.05. The van der Waals surface area contributed by atoms with Crippen molar-refractivity contribution in [1.82, 2.24) is 4.90 Å². The zero-order valence-corrected chi connectivity index (χ0v) is 10.5. The first-order valence-corrected chi connectivity index (χ1v) is 6.17. The van der Waals surface area contributed by atoms with Crippen molar-refractivity contribution in [1.29, 1.82) is 5.26 Å². The predicted octanol–water partition coefficient (Wildman–Crippen LogP) is 2.00. The Morgan fingerprint density at radius 2 is 1.65 bits per heavy atom. The molecule has 1 saturated carbocycles. The summed E-state index contributed by atoms with van der Waals surface area (Å²) in [4.78, 5) is 25.4. The van der Waals surface area contributed by atoms with Gasteiger partial charge in [-0.15, -0.1) is 0 Å². The molecule has 0 atom stereocenters. The Bertz CT molecular complexity index is 380. The molecule has 92 valence electrons. The molecule has 1 saturated heterocycles. The molecule has 0 unspecified atom stereocenters. The molecule has 4 heteroatoms. The van der Waals surface area contributed by atoms with Crippen molar-refractivity contribution < 1.29 is 9.59 Å². The van der Waals surface area contributed by atoms with Gasteiger partial charge in [0, 0.05) is 12.8 Å². The highest BCUT2D eigenvalue weighted by atomic mass is 16.2. The third kappa shape index (κ3) is 1.95. The van der Waals surface area contributed by atoms with Crippen LogP contribution in [0.4, 0.5) is 0 Å². The third-order valence-corrected chi connectivity index (χ3v) is 4.05. The molecule has 2 aliphatic rings. The first kappa shape index (κ1) is 12.1. The van der Waals surface area contributed by atoms with Gasteiger partial charge in [0.2, 0.25) is 11.8 Å². The summed E-state index contributed by atoms with van der Waals surface area (Å²) in [7, 11) is 0. The highest BCUT2D eigenvalue weighted by Crippen LogP contribution is 2.47. The number of carbonyl (C=O) groups is 2. The molecule has 2 amide bonds. The van der Waals surface area contributed by atoms with E-state index in [0.717, 1.165) is 30.6 Å². The second kappa shape index (κ2) is 3.83. The molecule has 1 spiro atoms. The molecule has 0 aromatic carbocycles. The summed E-state index contributed by atoms with van der Waals surface area (Å²) in [6, 6.07) is 2.04. The standard InChI is InChI=1S/C13H18N2O2/c1-12(2,9-14)15-10(16)7-13(8-11(15)17)5-3-4-6-13/h3-8H2,1-2H3. The largest absolute Gasteiger partial charge is 0.274 e. The van der Waals surface area contributed by atoms with Gasteiger partial charge in [-0.3, -0.25) is 14.5 Å². The van der Waals surface area contributed by atoms with Crippen LogP contribution in [0.25, 0.3) is 0 Å². The normalized spacial score (nSPS) is 24.2. The van der Waals surface area contributed by atoms with Crippen molar-refractivity contribution in [2.45, 2.75) is 57.9 Å². The number of carbonyl (C=O) groups excluding carboxylic acids is 2. The highest BCUT2D eigenvalue weighted by molar-refractivity contribution is 5.99. The number of hydrogen-bond donors (Lipinski definition) is 0. The Morgan fingerprint density at radius 1 is 1.18 bits per heavy atom. The van der Waals surface area contributed by atoms with Crippen LogP contribution in [0.1, 0.15) is 52.4 Å². The van der Waals surface area contributed by atoms with E-state index in [1.165, 1.54) is 0 Å². The minimum atomic E-state index is -1.02. The maximum Gasteiger partial charge on any atom is 0.231 e. The van der Waals surface area contributed by atoms with Crippen LogP contribution in [-0.2, 0) is 9.59 Å². The van der Waals surface area contributed by atoms with Crippen LogP contribution < -0.4 is 0 Å². The molecule has 4 nitrogen and oxygen atoms in total. The fraction of sp³-hybridized carbons (Fsp3) is 0.769. The van der Waals surface area contributed by atoms with Crippen LogP contribution in [0.5, 0.6) is 0 Å². The first-order chi connectivity index (χ1) is 7.90. The van der Waals surface area contributed by atoms with Gasteiger partial charge >= 0.3 is 0 Å². The molecular formula is C13H18N2O2. The summed E-state index contributed by atoms with van der Waals surface area (Å²) < 4.78 is 0. The first-order valence-electron chi connectivity index (χ1n) is 6.17. The van der Waals surface area contributed by atoms with E-state index in [9.17, 15) is 9.59 Å². The van der Waals surface area contributed by atoms with Crippen molar-refractivity contribution in [3.05, 3.63) is 0 Å². The lowest BCUT2D eigenvalue weighted by molar-refractivity contribution is -0.157. The molecule has 0 bridgehead atoms. The van der Waals surface area contributed by atoms with Gasteiger partial charge in [-0.25, -0.2) is 0 Å². The van der Waals surface area contributed by atoms with Crippen molar-refractivity contribution >= 4 is 11.8 Å². The smallest absolute Gasteiger partial charge is 0.231 e. The monoisotopic (exact) mass is 234 g/mol. The van der Waals surface area contributed by atoms with Gasteiger partial charge in [-0.1, -0.05) is 12.8 Å². The lowest BCUT2D eigenvalue weighted by atomic mass is 9.75. The second-order valence-corrected chi connectivity index (χ2v) is 5.85. The van der Waals surface area contributed by atoms with Gasteiger partial charge in [-0.05, 0) is 32.1 Å². The molecule has 1 aliphatic heterocycles. The van der Waals surface area contributed by atoms with E-state index in [0.29, 0.717) is 12.8 Å². The Labute approximate surface area is 102 Å². The van der Waals surface area contributed by atoms with Crippen molar-refractivity contribution in [3.8, 4) is 6.07 Å². The van der Waals surface area contributed by atoms with Crippen LogP contribution >= 0.6 is 0 Å². The van der Waals surface area contributed by atoms with Crippen molar-refractivity contribution in [3.63, 3.8) is 0 Å². The number of nitrogens with zero attached hydrogens (tertiary/aromatic N) is 2. The Hall–Kier alpha value is -1.37. The number of hydrogen-bond acceptors (Lipinski definition) is 3. The molecule has 1 aliphatic carbocycles. The molecule has 0 aromatic rings. The van der Waals surface area contributed by atoms with Gasteiger partial charge < -0.3 is 0 Å². The SMILES string of the molecule is CC(C)(C#N)N1C(=O)CC2(CCCC2)CC1=O. The minimum Gasteiger partial charge on any atom is -0.274 e. The van der Waals surface area contributed by atoms with E-state index >= 15 is 0 Å². The van der Waals surface area contributed by atoms with Gasteiger partial charge in [0.15, 0.2) is 0 Å². The van der Waals surface area contributed by atoms with Crippen LogP contribution in [0.3, 0.4) is 0 Å². The topological polar surface area (TPSA) is 61.2 Å². The van der Waals surface area contributed by atoms with Crippen LogP contribution in [0.2, 0.25) is 0 Å². The fourth-order valence-electron chi connectivity index (χ4n) is 3.15. The average Bonchev–Trinajstić information content (AvgIpc) is 2.64. The number of imide groups is 1. The Kier molecular flexibility index (Phi) is 2.73. The summed E-state index contributed by atoms with van der Waals surface area (Å²) in [6.07, 6.45) is 5.05. The average molecular weight is 234 g/mol. The summed E-state index contributed by atoms with van der Waals surface area (Å²) >= 11 is 0. The maximum atomic E-state index is 12.1. The molecule has 17 heavy (non-hydrogen) atoms. The predicted molar refractivity (Wildman–Crippen MR) is 61.7 cm³/mol. The van der Waals surface area contributed by atoms with Crippen LogP contribution in [0.15, 0.2) is 0 Å². The molecule has 1 heterocycles. The number of rotatable bonds is 1. The lowest BCUT2D eigenvalue weighted by Crippen LogP contribution is -2.56. The van der Waals surface area contributed by atoms with E-state index in [-0.39, 0.29) is 17.2 Å². The number of likely N-dealkylation sites (tertiary alicyclic amines) is 1. The fourth-order valence-corrected chi connectivity index (χ4v) is 3.15. The number of nitriles is 1. The summed E-state index contributed by atoms with van der Waals surface area (Å²) in [6.45, 7) is 3.24. The van der Waals surface area contributed by atoms with Crippen LogP contribution in [-0.4, -0.2) is 22.3 Å². The molecule has 0 radical (unpaired) electrons. The van der Waals surface area contributed by atoms with Crippen molar-refractivity contribution in [2.24, 2.45) is 5.41 Å².